The van der Waals surface area contributed by atoms with Gasteiger partial charge in [0.25, 0.3) is 0 Å². The largest absolute Gasteiger partial charge is 0.290 e. The van der Waals surface area contributed by atoms with Gasteiger partial charge in [-0.25, -0.2) is 8.78 Å². The van der Waals surface area contributed by atoms with Crippen molar-refractivity contribution in [3.05, 3.63) is 71.5 Å². The molecule has 0 heterocycles. The second-order valence-electron chi connectivity index (χ2n) is 4.44. The zero-order valence-corrected chi connectivity index (χ0v) is 11.4. The van der Waals surface area contributed by atoms with Crippen LogP contribution in [0.3, 0.4) is 0 Å². The number of benzene rings is 2. The van der Waals surface area contributed by atoms with E-state index >= 15 is 4.39 Å². The molecule has 2 rings (SSSR count). The van der Waals surface area contributed by atoms with E-state index in [0.717, 1.165) is 12.1 Å². The van der Waals surface area contributed by atoms with Crippen LogP contribution >= 0.6 is 11.6 Å². The summed E-state index contributed by atoms with van der Waals surface area (Å²) in [5.74, 6) is -1.16. The predicted octanol–water partition coefficient (Wildman–Crippen LogP) is 4.50. The average molecular weight is 295 g/mol. The minimum absolute atomic E-state index is 0.0122. The summed E-state index contributed by atoms with van der Waals surface area (Å²) in [5, 5.41) is 0. The number of ketones is 1. The van der Waals surface area contributed by atoms with Crippen LogP contribution in [0.4, 0.5) is 8.78 Å². The fourth-order valence-corrected chi connectivity index (χ4v) is 2.31. The normalized spacial score (nSPS) is 13.8. The molecule has 104 valence electrons. The average Bonchev–Trinajstić information content (AvgIpc) is 2.48. The minimum atomic E-state index is -2.19. The van der Waals surface area contributed by atoms with Crippen LogP contribution < -0.4 is 0 Å². The summed E-state index contributed by atoms with van der Waals surface area (Å²) in [6.07, 6.45) is -0.130. The van der Waals surface area contributed by atoms with Gasteiger partial charge >= 0.3 is 0 Å². The first kappa shape index (κ1) is 14.7. The Morgan fingerprint density at radius 2 is 1.65 bits per heavy atom. The molecule has 0 aliphatic rings. The van der Waals surface area contributed by atoms with E-state index < -0.39 is 17.3 Å². The quantitative estimate of drug-likeness (QED) is 0.586. The Bertz CT molecular complexity index is 583. The molecule has 0 unspecified atom stereocenters. The van der Waals surface area contributed by atoms with Crippen molar-refractivity contribution in [3.8, 4) is 0 Å². The Labute approximate surface area is 121 Å². The molecule has 0 radical (unpaired) electrons. The third-order valence-electron chi connectivity index (χ3n) is 3.14. The molecule has 1 atom stereocenters. The maximum Gasteiger partial charge on any atom is 0.204 e. The van der Waals surface area contributed by atoms with Gasteiger partial charge in [0.2, 0.25) is 5.78 Å². The van der Waals surface area contributed by atoms with Crippen LogP contribution in [0.15, 0.2) is 54.6 Å². The van der Waals surface area contributed by atoms with Gasteiger partial charge in [0.05, 0.1) is 0 Å². The molecular formula is C16H13ClF2O. The summed E-state index contributed by atoms with van der Waals surface area (Å²) in [6.45, 7) is 0. The number of hydrogen-bond donors (Lipinski definition) is 0. The third-order valence-corrected chi connectivity index (χ3v) is 3.33. The molecule has 0 amide bonds. The molecule has 4 heteroatoms. The van der Waals surface area contributed by atoms with Crippen LogP contribution in [0.2, 0.25) is 0 Å². The van der Waals surface area contributed by atoms with Crippen molar-refractivity contribution in [2.75, 3.05) is 5.88 Å². The fourth-order valence-electron chi connectivity index (χ4n) is 2.05. The number of carbonyl (C=O) groups excluding carboxylic acids is 1. The molecular weight excluding hydrogens is 282 g/mol. The lowest BCUT2D eigenvalue weighted by Gasteiger charge is -2.23. The first-order chi connectivity index (χ1) is 9.58. The highest BCUT2D eigenvalue weighted by Crippen LogP contribution is 2.34. The van der Waals surface area contributed by atoms with Crippen LogP contribution in [-0.2, 0) is 5.67 Å². The second kappa shape index (κ2) is 6.14. The molecule has 0 aliphatic carbocycles. The topological polar surface area (TPSA) is 17.1 Å². The van der Waals surface area contributed by atoms with E-state index in [0.29, 0.717) is 0 Å². The second-order valence-corrected chi connectivity index (χ2v) is 4.82. The van der Waals surface area contributed by atoms with Crippen molar-refractivity contribution >= 4 is 17.4 Å². The molecule has 20 heavy (non-hydrogen) atoms. The van der Waals surface area contributed by atoms with Crippen LogP contribution in [-0.4, -0.2) is 11.7 Å². The summed E-state index contributed by atoms with van der Waals surface area (Å²) in [7, 11) is 0. The number of alkyl halides is 2. The van der Waals surface area contributed by atoms with E-state index in [1.165, 1.54) is 12.1 Å². The van der Waals surface area contributed by atoms with E-state index in [2.05, 4.69) is 0 Å². The molecule has 0 aromatic heterocycles. The maximum atomic E-state index is 15.2. The van der Waals surface area contributed by atoms with E-state index in [9.17, 15) is 9.18 Å². The number of rotatable bonds is 5. The number of halogens is 3. The lowest BCUT2D eigenvalue weighted by molar-refractivity contribution is 0.0668. The van der Waals surface area contributed by atoms with Crippen LogP contribution in [0.1, 0.15) is 22.3 Å². The Balaban J connectivity index is 2.42. The number of Topliss-reactive ketones (excluding diaryl/α,β-unsaturated/α-hetero) is 1. The molecule has 0 saturated carbocycles. The summed E-state index contributed by atoms with van der Waals surface area (Å²) >= 11 is 5.64. The molecule has 0 saturated heterocycles. The SMILES string of the molecule is O=C(c1ccc(F)cc1)[C@](F)(CCCl)c1ccccc1. The molecule has 2 aromatic rings. The number of hydrogen-bond acceptors (Lipinski definition) is 1. The third kappa shape index (κ3) is 2.88. The summed E-state index contributed by atoms with van der Waals surface area (Å²) in [4.78, 5) is 12.4. The van der Waals surface area contributed by atoms with Gasteiger partial charge in [0.15, 0.2) is 5.67 Å². The van der Waals surface area contributed by atoms with Gasteiger partial charge in [0, 0.05) is 17.9 Å². The molecule has 0 spiro atoms. The van der Waals surface area contributed by atoms with Gasteiger partial charge in [-0.15, -0.1) is 11.6 Å². The molecule has 0 fully saturated rings. The van der Waals surface area contributed by atoms with Crippen LogP contribution in [0.5, 0.6) is 0 Å². The Kier molecular flexibility index (Phi) is 4.50. The Morgan fingerprint density at radius 1 is 1.05 bits per heavy atom. The van der Waals surface area contributed by atoms with Gasteiger partial charge in [-0.1, -0.05) is 30.3 Å². The lowest BCUT2D eigenvalue weighted by atomic mass is 9.85. The minimum Gasteiger partial charge on any atom is -0.290 e. The Morgan fingerprint density at radius 3 is 2.20 bits per heavy atom. The summed E-state index contributed by atoms with van der Waals surface area (Å²) < 4.78 is 28.1. The fraction of sp³-hybridized carbons (Fsp3) is 0.188. The zero-order valence-electron chi connectivity index (χ0n) is 10.7. The van der Waals surface area contributed by atoms with Crippen LogP contribution in [0, 0.1) is 5.82 Å². The van der Waals surface area contributed by atoms with E-state index in [1.807, 2.05) is 0 Å². The first-order valence-electron chi connectivity index (χ1n) is 6.18. The highest BCUT2D eigenvalue weighted by molar-refractivity contribution is 6.18. The zero-order chi connectivity index (χ0) is 14.6. The highest BCUT2D eigenvalue weighted by atomic mass is 35.5. The molecule has 0 bridgehead atoms. The molecule has 0 aliphatic heterocycles. The van der Waals surface area contributed by atoms with E-state index in [4.69, 9.17) is 11.6 Å². The van der Waals surface area contributed by atoms with Crippen molar-refractivity contribution < 1.29 is 13.6 Å². The van der Waals surface area contributed by atoms with Crippen molar-refractivity contribution in [1.82, 2.24) is 0 Å². The van der Waals surface area contributed by atoms with Crippen molar-refractivity contribution in [2.45, 2.75) is 12.1 Å². The maximum absolute atomic E-state index is 15.2. The lowest BCUT2D eigenvalue weighted by Crippen LogP contribution is -2.31. The van der Waals surface area contributed by atoms with Gasteiger partial charge in [-0.3, -0.25) is 4.79 Å². The summed E-state index contributed by atoms with van der Waals surface area (Å²) in [5.41, 5.74) is -1.81. The van der Waals surface area contributed by atoms with Crippen molar-refractivity contribution in [1.29, 1.82) is 0 Å². The van der Waals surface area contributed by atoms with Gasteiger partial charge in [-0.2, -0.15) is 0 Å². The van der Waals surface area contributed by atoms with Gasteiger partial charge < -0.3 is 0 Å². The van der Waals surface area contributed by atoms with Crippen LogP contribution in [0.25, 0.3) is 0 Å². The molecule has 0 N–H and O–H groups in total. The Hall–Kier alpha value is -1.74. The monoisotopic (exact) mass is 294 g/mol. The van der Waals surface area contributed by atoms with Gasteiger partial charge in [0.1, 0.15) is 5.82 Å². The highest BCUT2D eigenvalue weighted by Gasteiger charge is 2.40. The summed E-state index contributed by atoms with van der Waals surface area (Å²) in [6, 6.07) is 13.0. The standard InChI is InChI=1S/C16H13ClF2O/c17-11-10-16(19,13-4-2-1-3-5-13)15(20)12-6-8-14(18)9-7-12/h1-9H,10-11H2/t16-/m0/s1. The molecule has 2 aromatic carbocycles. The van der Waals surface area contributed by atoms with Crippen molar-refractivity contribution in [3.63, 3.8) is 0 Å². The van der Waals surface area contributed by atoms with E-state index in [1.54, 1.807) is 30.3 Å². The first-order valence-corrected chi connectivity index (χ1v) is 6.72. The number of carbonyl (C=O) groups is 1. The van der Waals surface area contributed by atoms with Crippen molar-refractivity contribution in [2.24, 2.45) is 0 Å². The van der Waals surface area contributed by atoms with E-state index in [-0.39, 0.29) is 23.4 Å². The predicted molar refractivity (Wildman–Crippen MR) is 75.3 cm³/mol. The smallest absolute Gasteiger partial charge is 0.204 e. The molecule has 1 nitrogen and oxygen atoms in total. The van der Waals surface area contributed by atoms with Gasteiger partial charge in [-0.05, 0) is 29.8 Å².